The Balaban J connectivity index is 1.56. The van der Waals surface area contributed by atoms with E-state index < -0.39 is 0 Å². The summed E-state index contributed by atoms with van der Waals surface area (Å²) in [6.45, 7) is 0. The highest BCUT2D eigenvalue weighted by Crippen LogP contribution is 2.24. The third kappa shape index (κ3) is 4.29. The molecule has 0 bridgehead atoms. The summed E-state index contributed by atoms with van der Waals surface area (Å²) in [7, 11) is 0. The molecule has 3 rings (SSSR count). The summed E-state index contributed by atoms with van der Waals surface area (Å²) in [6.07, 6.45) is 4.46. The highest BCUT2D eigenvalue weighted by molar-refractivity contribution is 9.10. The molecule has 1 amide bonds. The summed E-state index contributed by atoms with van der Waals surface area (Å²) in [5, 5.41) is 6.17. The van der Waals surface area contributed by atoms with E-state index in [2.05, 4.69) is 31.5 Å². The summed E-state index contributed by atoms with van der Waals surface area (Å²) in [5.41, 5.74) is 1.69. The van der Waals surface area contributed by atoms with Crippen molar-refractivity contribution in [3.8, 4) is 0 Å². The van der Waals surface area contributed by atoms with Gasteiger partial charge in [-0.05, 0) is 42.7 Å². The Morgan fingerprint density at radius 2 is 2.14 bits per heavy atom. The average molecular weight is 346 g/mol. The van der Waals surface area contributed by atoms with Crippen LogP contribution in [0.4, 0.5) is 11.5 Å². The molecule has 0 atom stereocenters. The summed E-state index contributed by atoms with van der Waals surface area (Å²) < 4.78 is 0.977. The molecule has 0 unspecified atom stereocenters. The fourth-order valence-corrected chi connectivity index (χ4v) is 2.47. The van der Waals surface area contributed by atoms with E-state index in [0.29, 0.717) is 12.5 Å². The highest BCUT2D eigenvalue weighted by Gasteiger charge is 2.21. The summed E-state index contributed by atoms with van der Waals surface area (Å²) in [5.74, 6) is 0.820. The molecule has 1 saturated carbocycles. The molecule has 1 aromatic heterocycles. The van der Waals surface area contributed by atoms with Gasteiger partial charge in [0.1, 0.15) is 5.82 Å². The number of pyridine rings is 1. The first-order valence-corrected chi connectivity index (χ1v) is 7.75. The molecule has 21 heavy (non-hydrogen) atoms. The van der Waals surface area contributed by atoms with Crippen molar-refractivity contribution in [1.82, 2.24) is 4.98 Å². The third-order valence-electron chi connectivity index (χ3n) is 3.23. The number of amides is 1. The maximum Gasteiger partial charge on any atom is 0.228 e. The van der Waals surface area contributed by atoms with E-state index in [1.54, 1.807) is 6.20 Å². The first kappa shape index (κ1) is 14.1. The quantitative estimate of drug-likeness (QED) is 0.870. The molecule has 0 radical (unpaired) electrons. The molecule has 0 saturated heterocycles. The number of anilines is 2. The predicted molar refractivity (Wildman–Crippen MR) is 87.4 cm³/mol. The Labute approximate surface area is 132 Å². The molecule has 5 heteroatoms. The van der Waals surface area contributed by atoms with E-state index in [0.717, 1.165) is 21.5 Å². The van der Waals surface area contributed by atoms with Gasteiger partial charge in [0.25, 0.3) is 0 Å². The lowest BCUT2D eigenvalue weighted by Gasteiger charge is -2.07. The van der Waals surface area contributed by atoms with E-state index in [9.17, 15) is 4.79 Å². The molecule has 1 aliphatic rings. The monoisotopic (exact) mass is 345 g/mol. The van der Waals surface area contributed by atoms with Gasteiger partial charge in [0.2, 0.25) is 5.91 Å². The van der Waals surface area contributed by atoms with Crippen LogP contribution in [0.25, 0.3) is 0 Å². The van der Waals surface area contributed by atoms with Crippen LogP contribution in [0.15, 0.2) is 47.1 Å². The molecule has 1 aliphatic carbocycles. The number of carbonyl (C=O) groups is 1. The van der Waals surface area contributed by atoms with Gasteiger partial charge in [-0.3, -0.25) is 4.79 Å². The number of benzene rings is 1. The van der Waals surface area contributed by atoms with Gasteiger partial charge in [-0.1, -0.05) is 28.1 Å². The molecule has 1 fully saturated rings. The van der Waals surface area contributed by atoms with Crippen LogP contribution in [0.5, 0.6) is 0 Å². The Morgan fingerprint density at radius 3 is 2.81 bits per heavy atom. The van der Waals surface area contributed by atoms with E-state index >= 15 is 0 Å². The first-order valence-electron chi connectivity index (χ1n) is 6.96. The number of rotatable bonds is 5. The second kappa shape index (κ2) is 6.26. The lowest BCUT2D eigenvalue weighted by Crippen LogP contribution is -2.14. The minimum Gasteiger partial charge on any atom is -0.367 e. The van der Waals surface area contributed by atoms with E-state index in [-0.39, 0.29) is 5.91 Å². The van der Waals surface area contributed by atoms with E-state index in [1.807, 2.05) is 36.4 Å². The van der Waals surface area contributed by atoms with Gasteiger partial charge >= 0.3 is 0 Å². The summed E-state index contributed by atoms with van der Waals surface area (Å²) in [6, 6.07) is 12.1. The van der Waals surface area contributed by atoms with Crippen molar-refractivity contribution in [3.05, 3.63) is 52.6 Å². The van der Waals surface area contributed by atoms with Crippen LogP contribution in [0.3, 0.4) is 0 Å². The van der Waals surface area contributed by atoms with Crippen LogP contribution in [0, 0.1) is 0 Å². The fourth-order valence-electron chi connectivity index (χ4n) is 2.03. The normalized spacial score (nSPS) is 13.8. The van der Waals surface area contributed by atoms with E-state index in [4.69, 9.17) is 0 Å². The smallest absolute Gasteiger partial charge is 0.228 e. The van der Waals surface area contributed by atoms with Crippen LogP contribution >= 0.6 is 15.9 Å². The maximum absolute atomic E-state index is 12.0. The number of halogens is 1. The zero-order valence-corrected chi connectivity index (χ0v) is 13.1. The van der Waals surface area contributed by atoms with Crippen molar-refractivity contribution < 1.29 is 4.79 Å². The van der Waals surface area contributed by atoms with Crippen molar-refractivity contribution in [2.24, 2.45) is 0 Å². The van der Waals surface area contributed by atoms with Gasteiger partial charge < -0.3 is 10.6 Å². The van der Waals surface area contributed by atoms with Crippen LogP contribution < -0.4 is 10.6 Å². The minimum atomic E-state index is -0.0437. The number of nitrogens with one attached hydrogen (secondary N) is 2. The molecule has 0 spiro atoms. The number of hydrogen-bond acceptors (Lipinski definition) is 3. The molecule has 1 aromatic carbocycles. The Bertz CT molecular complexity index is 638. The Morgan fingerprint density at radius 1 is 1.29 bits per heavy atom. The van der Waals surface area contributed by atoms with Gasteiger partial charge in [0.05, 0.1) is 18.3 Å². The molecule has 108 valence electrons. The predicted octanol–water partition coefficient (Wildman–Crippen LogP) is 3.60. The molecule has 4 nitrogen and oxygen atoms in total. The van der Waals surface area contributed by atoms with Crippen molar-refractivity contribution in [1.29, 1.82) is 0 Å². The second-order valence-electron chi connectivity index (χ2n) is 5.21. The van der Waals surface area contributed by atoms with Crippen LogP contribution in [0.1, 0.15) is 18.4 Å². The van der Waals surface area contributed by atoms with Gasteiger partial charge in [-0.25, -0.2) is 4.98 Å². The van der Waals surface area contributed by atoms with Crippen LogP contribution in [-0.2, 0) is 11.2 Å². The minimum absolute atomic E-state index is 0.0437. The second-order valence-corrected chi connectivity index (χ2v) is 6.12. The standard InChI is InChI=1S/C16H16BrN3O/c17-12-3-1-2-11(8-12)9-16(21)20-14-6-7-15(18-10-14)19-13-4-5-13/h1-3,6-8,10,13H,4-5,9H2,(H,18,19)(H,20,21). The fraction of sp³-hybridized carbons (Fsp3) is 0.250. The zero-order chi connectivity index (χ0) is 14.7. The topological polar surface area (TPSA) is 54.0 Å². The van der Waals surface area contributed by atoms with Crippen molar-refractivity contribution in [2.75, 3.05) is 10.6 Å². The molecule has 1 heterocycles. The number of carbonyl (C=O) groups excluding carboxylic acids is 1. The van der Waals surface area contributed by atoms with Crippen molar-refractivity contribution >= 4 is 33.3 Å². The third-order valence-corrected chi connectivity index (χ3v) is 3.72. The lowest BCUT2D eigenvalue weighted by molar-refractivity contribution is -0.115. The average Bonchev–Trinajstić information content (AvgIpc) is 3.25. The van der Waals surface area contributed by atoms with Gasteiger partial charge in [-0.15, -0.1) is 0 Å². The summed E-state index contributed by atoms with van der Waals surface area (Å²) in [4.78, 5) is 16.3. The Hall–Kier alpha value is -1.88. The van der Waals surface area contributed by atoms with Gasteiger partial charge in [-0.2, -0.15) is 0 Å². The van der Waals surface area contributed by atoms with E-state index in [1.165, 1.54) is 12.8 Å². The van der Waals surface area contributed by atoms with Gasteiger partial charge in [0, 0.05) is 10.5 Å². The zero-order valence-electron chi connectivity index (χ0n) is 11.5. The SMILES string of the molecule is O=C(Cc1cccc(Br)c1)Nc1ccc(NC2CC2)nc1. The molecular weight excluding hydrogens is 330 g/mol. The largest absolute Gasteiger partial charge is 0.367 e. The van der Waals surface area contributed by atoms with Crippen LogP contribution in [-0.4, -0.2) is 16.9 Å². The molecule has 2 aromatic rings. The number of hydrogen-bond donors (Lipinski definition) is 2. The first-order chi connectivity index (χ1) is 10.2. The molecule has 0 aliphatic heterocycles. The number of aromatic nitrogens is 1. The van der Waals surface area contributed by atoms with Crippen molar-refractivity contribution in [2.45, 2.75) is 25.3 Å². The highest BCUT2D eigenvalue weighted by atomic mass is 79.9. The van der Waals surface area contributed by atoms with Crippen LogP contribution in [0.2, 0.25) is 0 Å². The van der Waals surface area contributed by atoms with Crippen molar-refractivity contribution in [3.63, 3.8) is 0 Å². The number of nitrogens with zero attached hydrogens (tertiary/aromatic N) is 1. The maximum atomic E-state index is 12.0. The lowest BCUT2D eigenvalue weighted by atomic mass is 10.1. The molecular formula is C16H16BrN3O. The van der Waals surface area contributed by atoms with Gasteiger partial charge in [0.15, 0.2) is 0 Å². The summed E-state index contributed by atoms with van der Waals surface area (Å²) >= 11 is 3.40. The Kier molecular flexibility index (Phi) is 4.20. The molecule has 2 N–H and O–H groups in total.